The lowest BCUT2D eigenvalue weighted by atomic mass is 9.89. The SMILES string of the molecule is CN/C=C1/Oc2ccc(C3CCN(CC(=O)N(CC4CC4(F)F)C4CCNCC4)CC3)cc2N/C1=N/C=O. The van der Waals surface area contributed by atoms with Crippen LogP contribution in [0.15, 0.2) is 35.2 Å². The Hall–Kier alpha value is -3.05. The average Bonchev–Trinajstić information content (AvgIpc) is 3.54. The molecule has 9 nitrogen and oxygen atoms in total. The van der Waals surface area contributed by atoms with Crippen molar-refractivity contribution < 1.29 is 23.1 Å². The molecule has 1 atom stereocenters. The van der Waals surface area contributed by atoms with Crippen molar-refractivity contribution in [1.29, 1.82) is 0 Å². The molecule has 3 heterocycles. The van der Waals surface area contributed by atoms with Gasteiger partial charge in [0.25, 0.3) is 5.92 Å². The number of piperidine rings is 2. The van der Waals surface area contributed by atoms with Gasteiger partial charge in [-0.15, -0.1) is 0 Å². The summed E-state index contributed by atoms with van der Waals surface area (Å²) in [7, 11) is 1.74. The number of nitrogens with one attached hydrogen (secondary N) is 3. The Morgan fingerprint density at radius 3 is 2.66 bits per heavy atom. The van der Waals surface area contributed by atoms with E-state index in [4.69, 9.17) is 4.74 Å². The number of hydrogen-bond acceptors (Lipinski definition) is 6. The van der Waals surface area contributed by atoms with Crippen molar-refractivity contribution in [2.24, 2.45) is 10.9 Å². The number of halogens is 2. The van der Waals surface area contributed by atoms with E-state index in [-0.39, 0.29) is 31.5 Å². The molecular formula is C27H36F2N6O3. The molecule has 3 N–H and O–H groups in total. The van der Waals surface area contributed by atoms with Crippen molar-refractivity contribution >= 4 is 23.8 Å². The van der Waals surface area contributed by atoms with Gasteiger partial charge in [-0.25, -0.2) is 8.78 Å². The van der Waals surface area contributed by atoms with Gasteiger partial charge < -0.3 is 25.6 Å². The van der Waals surface area contributed by atoms with Crippen LogP contribution in [-0.4, -0.2) is 86.2 Å². The Morgan fingerprint density at radius 1 is 1.26 bits per heavy atom. The second-order valence-corrected chi connectivity index (χ2v) is 10.6. The van der Waals surface area contributed by atoms with Gasteiger partial charge in [-0.2, -0.15) is 4.99 Å². The molecule has 5 rings (SSSR count). The number of carbonyl (C=O) groups excluding carboxylic acids is 2. The van der Waals surface area contributed by atoms with Crippen molar-refractivity contribution in [3.63, 3.8) is 0 Å². The minimum atomic E-state index is -2.62. The molecule has 2 amide bonds. The van der Waals surface area contributed by atoms with Gasteiger partial charge in [-0.05, 0) is 75.5 Å². The quantitative estimate of drug-likeness (QED) is 0.445. The molecule has 4 aliphatic rings. The van der Waals surface area contributed by atoms with E-state index in [9.17, 15) is 18.4 Å². The summed E-state index contributed by atoms with van der Waals surface area (Å²) in [5.74, 6) is -1.60. The molecule has 0 aromatic heterocycles. The number of likely N-dealkylation sites (tertiary alicyclic amines) is 1. The summed E-state index contributed by atoms with van der Waals surface area (Å²) in [5, 5.41) is 9.37. The van der Waals surface area contributed by atoms with Gasteiger partial charge in [0.15, 0.2) is 17.3 Å². The van der Waals surface area contributed by atoms with Crippen LogP contribution in [0.1, 0.15) is 43.6 Å². The maximum Gasteiger partial charge on any atom is 0.253 e. The summed E-state index contributed by atoms with van der Waals surface area (Å²) < 4.78 is 33.2. The summed E-state index contributed by atoms with van der Waals surface area (Å²) in [6.45, 7) is 3.61. The molecule has 0 bridgehead atoms. The predicted octanol–water partition coefficient (Wildman–Crippen LogP) is 2.52. The standard InChI is InChI=1S/C27H36F2N6O3/c1-30-14-24-26(32-17-36)33-22-12-19(2-3-23(22)38-24)18-6-10-34(11-7-18)16-25(37)35(15-20-13-27(20,28)29)21-4-8-31-9-5-21/h2-3,12,14,17-18,20-21,30-31H,4-11,13,15-16H2,1H3,(H,32,33,36)/b24-14+. The second-order valence-electron chi connectivity index (χ2n) is 10.6. The third kappa shape index (κ3) is 5.99. The smallest absolute Gasteiger partial charge is 0.253 e. The number of fused-ring (bicyclic) bond motifs is 1. The van der Waals surface area contributed by atoms with E-state index in [0.29, 0.717) is 29.7 Å². The summed E-state index contributed by atoms with van der Waals surface area (Å²) in [5.41, 5.74) is 1.91. The first-order chi connectivity index (χ1) is 18.4. The summed E-state index contributed by atoms with van der Waals surface area (Å²) >= 11 is 0. The molecule has 206 valence electrons. The Kier molecular flexibility index (Phi) is 7.94. The van der Waals surface area contributed by atoms with Gasteiger partial charge >= 0.3 is 0 Å². The molecule has 1 aromatic rings. The maximum atomic E-state index is 13.7. The van der Waals surface area contributed by atoms with Gasteiger partial charge in [0.1, 0.15) is 0 Å². The zero-order chi connectivity index (χ0) is 26.7. The minimum absolute atomic E-state index is 0.0272. The molecule has 11 heteroatoms. The molecular weight excluding hydrogens is 494 g/mol. The molecule has 38 heavy (non-hydrogen) atoms. The topological polar surface area (TPSA) is 98.3 Å². The number of carbonyl (C=O) groups is 2. The van der Waals surface area contributed by atoms with Gasteiger partial charge in [0.2, 0.25) is 12.3 Å². The van der Waals surface area contributed by atoms with E-state index in [1.807, 2.05) is 12.1 Å². The highest BCUT2D eigenvalue weighted by atomic mass is 19.3. The third-order valence-electron chi connectivity index (χ3n) is 8.03. The van der Waals surface area contributed by atoms with E-state index < -0.39 is 11.8 Å². The highest BCUT2D eigenvalue weighted by Crippen LogP contribution is 2.49. The van der Waals surface area contributed by atoms with Gasteiger partial charge in [0, 0.05) is 38.2 Å². The van der Waals surface area contributed by atoms with Crippen LogP contribution in [0.5, 0.6) is 5.75 Å². The normalized spacial score (nSPS) is 25.8. The van der Waals surface area contributed by atoms with Crippen molar-refractivity contribution in [2.75, 3.05) is 51.6 Å². The number of aliphatic imine (C=N–C) groups is 1. The fourth-order valence-corrected chi connectivity index (χ4v) is 5.71. The van der Waals surface area contributed by atoms with Crippen LogP contribution >= 0.6 is 0 Å². The number of ether oxygens (including phenoxy) is 1. The number of amides is 2. The molecule has 2 saturated heterocycles. The third-order valence-corrected chi connectivity index (χ3v) is 8.03. The van der Waals surface area contributed by atoms with Crippen LogP contribution in [0.3, 0.4) is 0 Å². The second kappa shape index (κ2) is 11.4. The van der Waals surface area contributed by atoms with Crippen LogP contribution in [0, 0.1) is 5.92 Å². The summed E-state index contributed by atoms with van der Waals surface area (Å²) in [6.07, 6.45) is 5.41. The lowest BCUT2D eigenvalue weighted by Gasteiger charge is -2.38. The zero-order valence-corrected chi connectivity index (χ0v) is 21.7. The van der Waals surface area contributed by atoms with Gasteiger partial charge in [-0.3, -0.25) is 14.5 Å². The molecule has 1 unspecified atom stereocenters. The van der Waals surface area contributed by atoms with E-state index in [1.165, 1.54) is 0 Å². The average molecular weight is 531 g/mol. The predicted molar refractivity (Wildman–Crippen MR) is 140 cm³/mol. The van der Waals surface area contributed by atoms with E-state index in [0.717, 1.165) is 63.1 Å². The highest BCUT2D eigenvalue weighted by Gasteiger charge is 2.57. The molecule has 1 saturated carbocycles. The fourth-order valence-electron chi connectivity index (χ4n) is 5.71. The van der Waals surface area contributed by atoms with E-state index >= 15 is 0 Å². The molecule has 1 aromatic carbocycles. The van der Waals surface area contributed by atoms with E-state index in [1.54, 1.807) is 18.1 Å². The highest BCUT2D eigenvalue weighted by molar-refractivity contribution is 6.11. The van der Waals surface area contributed by atoms with Gasteiger partial charge in [0.05, 0.1) is 12.2 Å². The van der Waals surface area contributed by atoms with Crippen LogP contribution < -0.4 is 20.7 Å². The van der Waals surface area contributed by atoms with E-state index in [2.05, 4.69) is 31.9 Å². The molecule has 1 aliphatic carbocycles. The maximum absolute atomic E-state index is 13.7. The summed E-state index contributed by atoms with van der Waals surface area (Å²) in [6, 6.07) is 6.05. The fraction of sp³-hybridized carbons (Fsp3) is 0.593. The first-order valence-electron chi connectivity index (χ1n) is 13.5. The first-order valence-corrected chi connectivity index (χ1v) is 13.5. The lowest BCUT2D eigenvalue weighted by molar-refractivity contribution is -0.136. The number of hydrogen-bond donors (Lipinski definition) is 3. The minimum Gasteiger partial charge on any atom is -0.450 e. The number of anilines is 1. The number of rotatable bonds is 8. The molecule has 0 spiro atoms. The number of alkyl halides is 2. The van der Waals surface area contributed by atoms with Crippen LogP contribution in [-0.2, 0) is 9.59 Å². The van der Waals surface area contributed by atoms with Crippen molar-refractivity contribution in [1.82, 2.24) is 20.4 Å². The Morgan fingerprint density at radius 2 is 2.00 bits per heavy atom. The summed E-state index contributed by atoms with van der Waals surface area (Å²) in [4.78, 5) is 32.0. The Labute approximate surface area is 221 Å². The Balaban J connectivity index is 1.19. The number of benzene rings is 1. The zero-order valence-electron chi connectivity index (χ0n) is 21.7. The van der Waals surface area contributed by atoms with Gasteiger partial charge in [-0.1, -0.05) is 6.07 Å². The van der Waals surface area contributed by atoms with Crippen molar-refractivity contribution in [3.8, 4) is 5.75 Å². The number of nitrogens with zero attached hydrogens (tertiary/aromatic N) is 3. The Bertz CT molecular complexity index is 1100. The monoisotopic (exact) mass is 530 g/mol. The first kappa shape index (κ1) is 26.6. The van der Waals surface area contributed by atoms with Crippen LogP contribution in [0.2, 0.25) is 0 Å². The molecule has 3 fully saturated rings. The molecule has 0 radical (unpaired) electrons. The number of amidine groups is 1. The van der Waals surface area contributed by atoms with Crippen molar-refractivity contribution in [3.05, 3.63) is 35.7 Å². The molecule has 3 aliphatic heterocycles. The lowest BCUT2D eigenvalue weighted by Crippen LogP contribution is -2.51. The van der Waals surface area contributed by atoms with Crippen molar-refractivity contribution in [2.45, 2.75) is 50.0 Å². The van der Waals surface area contributed by atoms with Crippen LogP contribution in [0.25, 0.3) is 0 Å². The largest absolute Gasteiger partial charge is 0.450 e. The van der Waals surface area contributed by atoms with Crippen LogP contribution in [0.4, 0.5) is 14.5 Å².